The molecule has 2 aromatic rings. The smallest absolute Gasteiger partial charge is 0.259 e. The van der Waals surface area contributed by atoms with E-state index in [2.05, 4.69) is 20.2 Å². The fraction of sp³-hybridized carbons (Fsp3) is 0.308. The van der Waals surface area contributed by atoms with Crippen LogP contribution in [0.5, 0.6) is 0 Å². The summed E-state index contributed by atoms with van der Waals surface area (Å²) in [4.78, 5) is 12.1. The van der Waals surface area contributed by atoms with Gasteiger partial charge in [-0.2, -0.15) is 0 Å². The van der Waals surface area contributed by atoms with Gasteiger partial charge in [0.1, 0.15) is 9.90 Å². The van der Waals surface area contributed by atoms with E-state index in [9.17, 15) is 13.2 Å². The van der Waals surface area contributed by atoms with Crippen LogP contribution in [-0.4, -0.2) is 30.6 Å². The molecular weight excluding hydrogens is 395 g/mol. The molecule has 11 heteroatoms. The van der Waals surface area contributed by atoms with Gasteiger partial charge in [0.05, 0.1) is 15.6 Å². The first-order valence-corrected chi connectivity index (χ1v) is 9.78. The second-order valence-electron chi connectivity index (χ2n) is 5.12. The molecule has 1 heterocycles. The summed E-state index contributed by atoms with van der Waals surface area (Å²) in [6, 6.07) is 2.03. The Morgan fingerprint density at radius 3 is 2.42 bits per heavy atom. The zero-order valence-electron chi connectivity index (χ0n) is 12.9. The molecule has 0 saturated heterocycles. The van der Waals surface area contributed by atoms with Crippen LogP contribution in [0.25, 0.3) is 0 Å². The van der Waals surface area contributed by atoms with Crippen LogP contribution in [0, 0.1) is 6.92 Å². The van der Waals surface area contributed by atoms with Crippen molar-refractivity contribution in [2.24, 2.45) is 0 Å². The van der Waals surface area contributed by atoms with Crippen molar-refractivity contribution in [1.29, 1.82) is 0 Å². The lowest BCUT2D eigenvalue weighted by molar-refractivity contribution is 0.102. The highest BCUT2D eigenvalue weighted by molar-refractivity contribution is 7.89. The van der Waals surface area contributed by atoms with Crippen LogP contribution >= 0.6 is 34.5 Å². The summed E-state index contributed by atoms with van der Waals surface area (Å²) < 4.78 is 27.0. The second kappa shape index (κ2) is 7.32. The molecule has 24 heavy (non-hydrogen) atoms. The number of rotatable bonds is 5. The zero-order valence-corrected chi connectivity index (χ0v) is 16.1. The number of carbonyl (C=O) groups is 1. The summed E-state index contributed by atoms with van der Waals surface area (Å²) >= 11 is 13.2. The van der Waals surface area contributed by atoms with Crippen LogP contribution in [0.4, 0.5) is 5.13 Å². The van der Waals surface area contributed by atoms with Gasteiger partial charge in [0.25, 0.3) is 5.91 Å². The molecule has 1 amide bonds. The third kappa shape index (κ3) is 4.42. The molecule has 0 atom stereocenters. The maximum absolute atomic E-state index is 12.3. The number of halogens is 2. The van der Waals surface area contributed by atoms with E-state index in [1.807, 2.05) is 0 Å². The standard InChI is InChI=1S/C13H14Cl2N4O3S2/c1-6(2)19-24(21,22)11-4-8(9(14)5-10(11)15)12(20)16-13-18-17-7(3)23-13/h4-6,19H,1-3H3,(H,16,18,20). The number of sulfonamides is 1. The highest BCUT2D eigenvalue weighted by atomic mass is 35.5. The summed E-state index contributed by atoms with van der Waals surface area (Å²) in [7, 11) is -3.88. The van der Waals surface area contributed by atoms with Gasteiger partial charge in [-0.3, -0.25) is 10.1 Å². The van der Waals surface area contributed by atoms with Crippen molar-refractivity contribution in [3.8, 4) is 0 Å². The van der Waals surface area contributed by atoms with Gasteiger partial charge in [0.15, 0.2) is 0 Å². The Hall–Kier alpha value is -1.26. The van der Waals surface area contributed by atoms with Crippen LogP contribution in [0.3, 0.4) is 0 Å². The quantitative estimate of drug-likeness (QED) is 0.791. The van der Waals surface area contributed by atoms with Gasteiger partial charge in [-0.05, 0) is 32.9 Å². The van der Waals surface area contributed by atoms with E-state index >= 15 is 0 Å². The Morgan fingerprint density at radius 1 is 1.21 bits per heavy atom. The van der Waals surface area contributed by atoms with Crippen molar-refractivity contribution in [3.05, 3.63) is 32.7 Å². The molecule has 7 nitrogen and oxygen atoms in total. The minimum atomic E-state index is -3.88. The first-order chi connectivity index (χ1) is 11.1. The van der Waals surface area contributed by atoms with Gasteiger partial charge in [0, 0.05) is 6.04 Å². The van der Waals surface area contributed by atoms with Gasteiger partial charge in [0.2, 0.25) is 15.2 Å². The number of hydrogen-bond donors (Lipinski definition) is 2. The zero-order chi connectivity index (χ0) is 18.1. The van der Waals surface area contributed by atoms with Gasteiger partial charge in [-0.1, -0.05) is 34.5 Å². The third-order valence-corrected chi connectivity index (χ3v) is 5.88. The van der Waals surface area contributed by atoms with E-state index in [1.165, 1.54) is 17.4 Å². The Labute approximate surface area is 153 Å². The van der Waals surface area contributed by atoms with Crippen molar-refractivity contribution >= 4 is 55.6 Å². The van der Waals surface area contributed by atoms with Crippen LogP contribution in [0.15, 0.2) is 17.0 Å². The number of nitrogens with one attached hydrogen (secondary N) is 2. The molecule has 0 spiro atoms. The van der Waals surface area contributed by atoms with Crippen LogP contribution < -0.4 is 10.0 Å². The molecule has 0 aliphatic heterocycles. The molecule has 0 fully saturated rings. The molecule has 2 N–H and O–H groups in total. The lowest BCUT2D eigenvalue weighted by atomic mass is 10.2. The Balaban J connectivity index is 2.40. The molecule has 2 rings (SSSR count). The Kier molecular flexibility index (Phi) is 5.82. The third-order valence-electron chi connectivity index (χ3n) is 2.69. The molecule has 0 aliphatic carbocycles. The minimum absolute atomic E-state index is 0.0296. The monoisotopic (exact) mass is 408 g/mol. The number of aryl methyl sites for hydroxylation is 1. The Bertz CT molecular complexity index is 881. The number of nitrogens with zero attached hydrogens (tertiary/aromatic N) is 2. The fourth-order valence-electron chi connectivity index (χ4n) is 1.79. The van der Waals surface area contributed by atoms with Crippen molar-refractivity contribution in [2.75, 3.05) is 5.32 Å². The molecule has 1 aromatic heterocycles. The van der Waals surface area contributed by atoms with Crippen molar-refractivity contribution in [2.45, 2.75) is 31.7 Å². The number of benzene rings is 1. The molecule has 130 valence electrons. The maximum Gasteiger partial charge on any atom is 0.259 e. The normalized spacial score (nSPS) is 11.8. The lowest BCUT2D eigenvalue weighted by Gasteiger charge is -2.13. The number of aromatic nitrogens is 2. The summed E-state index contributed by atoms with van der Waals surface area (Å²) in [5.74, 6) is -0.603. The fourth-order valence-corrected chi connectivity index (χ4v) is 4.49. The number of carbonyl (C=O) groups excluding carboxylic acids is 1. The first kappa shape index (κ1) is 19.1. The van der Waals surface area contributed by atoms with Gasteiger partial charge < -0.3 is 0 Å². The van der Waals surface area contributed by atoms with E-state index < -0.39 is 15.9 Å². The van der Waals surface area contributed by atoms with Gasteiger partial charge >= 0.3 is 0 Å². The molecular formula is C13H14Cl2N4O3S2. The van der Waals surface area contributed by atoms with Crippen molar-refractivity contribution < 1.29 is 13.2 Å². The minimum Gasteiger partial charge on any atom is -0.296 e. The average molecular weight is 409 g/mol. The van der Waals surface area contributed by atoms with Crippen LogP contribution in [-0.2, 0) is 10.0 Å². The van der Waals surface area contributed by atoms with E-state index in [0.29, 0.717) is 5.01 Å². The van der Waals surface area contributed by atoms with Crippen molar-refractivity contribution in [1.82, 2.24) is 14.9 Å². The van der Waals surface area contributed by atoms with E-state index in [0.717, 1.165) is 6.07 Å². The van der Waals surface area contributed by atoms with E-state index in [1.54, 1.807) is 20.8 Å². The molecule has 0 unspecified atom stereocenters. The molecule has 0 saturated carbocycles. The predicted molar refractivity (Wildman–Crippen MR) is 94.5 cm³/mol. The van der Waals surface area contributed by atoms with Crippen LogP contribution in [0.2, 0.25) is 10.0 Å². The van der Waals surface area contributed by atoms with Gasteiger partial charge in [-0.25, -0.2) is 13.1 Å². The molecule has 1 aromatic carbocycles. The van der Waals surface area contributed by atoms with Gasteiger partial charge in [-0.15, -0.1) is 10.2 Å². The highest BCUT2D eigenvalue weighted by Gasteiger charge is 2.23. The summed E-state index contributed by atoms with van der Waals surface area (Å²) in [6.07, 6.45) is 0. The molecule has 0 radical (unpaired) electrons. The average Bonchev–Trinajstić information content (AvgIpc) is 2.81. The topological polar surface area (TPSA) is 101 Å². The predicted octanol–water partition coefficient (Wildman–Crippen LogP) is 3.09. The molecule has 0 aliphatic rings. The summed E-state index contributed by atoms with van der Waals surface area (Å²) in [5.41, 5.74) is -0.0296. The summed E-state index contributed by atoms with van der Waals surface area (Å²) in [5, 5.41) is 11.0. The summed E-state index contributed by atoms with van der Waals surface area (Å²) in [6.45, 7) is 5.09. The largest absolute Gasteiger partial charge is 0.296 e. The first-order valence-electron chi connectivity index (χ1n) is 6.73. The van der Waals surface area contributed by atoms with Crippen LogP contribution in [0.1, 0.15) is 29.2 Å². The second-order valence-corrected chi connectivity index (χ2v) is 8.80. The maximum atomic E-state index is 12.3. The van der Waals surface area contributed by atoms with E-state index in [4.69, 9.17) is 23.2 Å². The Morgan fingerprint density at radius 2 is 1.88 bits per heavy atom. The van der Waals surface area contributed by atoms with Crippen molar-refractivity contribution in [3.63, 3.8) is 0 Å². The highest BCUT2D eigenvalue weighted by Crippen LogP contribution is 2.29. The molecule has 0 bridgehead atoms. The SMILES string of the molecule is Cc1nnc(NC(=O)c2cc(S(=O)(=O)NC(C)C)c(Cl)cc2Cl)s1. The van der Waals surface area contributed by atoms with E-state index in [-0.39, 0.29) is 31.7 Å². The number of anilines is 1. The number of hydrogen-bond acceptors (Lipinski definition) is 6. The lowest BCUT2D eigenvalue weighted by Crippen LogP contribution is -2.30. The number of amides is 1.